The van der Waals surface area contributed by atoms with Crippen LogP contribution in [0.15, 0.2) is 47.4 Å². The zero-order valence-electron chi connectivity index (χ0n) is 13.0. The summed E-state index contributed by atoms with van der Waals surface area (Å²) in [6.45, 7) is 6.41. The lowest BCUT2D eigenvalue weighted by molar-refractivity contribution is 0.575. The highest BCUT2D eigenvalue weighted by molar-refractivity contribution is 7.99. The highest BCUT2D eigenvalue weighted by atomic mass is 32.2. The molecule has 0 fully saturated rings. The fourth-order valence-electron chi connectivity index (χ4n) is 2.54. The molecule has 112 valence electrons. The van der Waals surface area contributed by atoms with Crippen molar-refractivity contribution in [2.75, 3.05) is 5.75 Å². The molecule has 2 aromatic carbocycles. The Bertz CT molecular complexity index is 575. The van der Waals surface area contributed by atoms with Gasteiger partial charge in [0.2, 0.25) is 0 Å². The molecule has 0 aliphatic rings. The number of rotatable bonds is 6. The Morgan fingerprint density at radius 1 is 1.00 bits per heavy atom. The molecule has 2 rings (SSSR count). The predicted octanol–water partition coefficient (Wildman–Crippen LogP) is 3.78. The van der Waals surface area contributed by atoms with E-state index in [1.54, 1.807) is 0 Å². The molecule has 0 spiro atoms. The van der Waals surface area contributed by atoms with E-state index in [0.717, 1.165) is 12.2 Å². The Labute approximate surface area is 132 Å². The Morgan fingerprint density at radius 2 is 1.71 bits per heavy atom. The van der Waals surface area contributed by atoms with Gasteiger partial charge in [-0.15, -0.1) is 11.8 Å². The summed E-state index contributed by atoms with van der Waals surface area (Å²) in [6, 6.07) is 15.6. The first-order chi connectivity index (χ1) is 10.1. The van der Waals surface area contributed by atoms with E-state index in [4.69, 9.17) is 5.84 Å². The van der Waals surface area contributed by atoms with E-state index in [9.17, 15) is 0 Å². The molecule has 1 unspecified atom stereocenters. The smallest absolute Gasteiger partial charge is 0.0344 e. The van der Waals surface area contributed by atoms with E-state index in [2.05, 4.69) is 68.7 Å². The Balaban J connectivity index is 1.96. The molecule has 0 heterocycles. The first-order valence-corrected chi connectivity index (χ1v) is 8.28. The average molecular weight is 300 g/mol. The molecule has 3 heteroatoms. The van der Waals surface area contributed by atoms with E-state index < -0.39 is 0 Å². The van der Waals surface area contributed by atoms with E-state index in [1.807, 2.05) is 11.8 Å². The fourth-order valence-corrected chi connectivity index (χ4v) is 3.59. The molecule has 2 nitrogen and oxygen atoms in total. The van der Waals surface area contributed by atoms with Gasteiger partial charge in [-0.25, -0.2) is 0 Å². The van der Waals surface area contributed by atoms with Crippen LogP contribution in [0, 0.1) is 20.8 Å². The second-order valence-corrected chi connectivity index (χ2v) is 6.78. The van der Waals surface area contributed by atoms with Crippen LogP contribution in [0.25, 0.3) is 0 Å². The van der Waals surface area contributed by atoms with Gasteiger partial charge in [0, 0.05) is 16.7 Å². The molecule has 0 aliphatic heterocycles. The van der Waals surface area contributed by atoms with Gasteiger partial charge in [-0.05, 0) is 44.9 Å². The SMILES string of the molecule is Cc1cc(C)cc(CC(CSc2cccc(C)c2)NN)c1. The molecule has 3 N–H and O–H groups in total. The van der Waals surface area contributed by atoms with Crippen molar-refractivity contribution in [3.63, 3.8) is 0 Å². The fraction of sp³-hybridized carbons (Fsp3) is 0.333. The number of hydrazine groups is 1. The average Bonchev–Trinajstić information content (AvgIpc) is 2.42. The summed E-state index contributed by atoms with van der Waals surface area (Å²) in [6.07, 6.45) is 0.956. The number of nitrogens with two attached hydrogens (primary N) is 1. The van der Waals surface area contributed by atoms with Crippen molar-refractivity contribution in [2.24, 2.45) is 5.84 Å². The standard InChI is InChI=1S/C18H24N2S/c1-13-5-4-6-18(10-13)21-12-17(20-19)11-16-8-14(2)7-15(3)9-16/h4-10,17,20H,11-12,19H2,1-3H3. The summed E-state index contributed by atoms with van der Waals surface area (Å²) in [7, 11) is 0. The third-order valence-corrected chi connectivity index (χ3v) is 4.60. The van der Waals surface area contributed by atoms with Gasteiger partial charge < -0.3 is 0 Å². The molecule has 2 aromatic rings. The summed E-state index contributed by atoms with van der Waals surface area (Å²) in [5, 5.41) is 0. The van der Waals surface area contributed by atoms with Gasteiger partial charge in [0.05, 0.1) is 0 Å². The third-order valence-electron chi connectivity index (χ3n) is 3.44. The lowest BCUT2D eigenvalue weighted by Gasteiger charge is -2.16. The van der Waals surface area contributed by atoms with Crippen molar-refractivity contribution in [2.45, 2.75) is 38.1 Å². The largest absolute Gasteiger partial charge is 0.271 e. The third kappa shape index (κ3) is 5.20. The molecular formula is C18H24N2S. The number of nitrogens with one attached hydrogen (secondary N) is 1. The number of aryl methyl sites for hydroxylation is 3. The van der Waals surface area contributed by atoms with Crippen LogP contribution in [0.1, 0.15) is 22.3 Å². The van der Waals surface area contributed by atoms with E-state index >= 15 is 0 Å². The quantitative estimate of drug-likeness (QED) is 0.484. The Morgan fingerprint density at radius 3 is 2.33 bits per heavy atom. The van der Waals surface area contributed by atoms with Crippen LogP contribution >= 0.6 is 11.8 Å². The summed E-state index contributed by atoms with van der Waals surface area (Å²) >= 11 is 1.85. The Hall–Kier alpha value is -1.29. The first kappa shape index (κ1) is 16.1. The van der Waals surface area contributed by atoms with Crippen molar-refractivity contribution >= 4 is 11.8 Å². The zero-order chi connectivity index (χ0) is 15.2. The van der Waals surface area contributed by atoms with Gasteiger partial charge in [0.25, 0.3) is 0 Å². The number of thioether (sulfide) groups is 1. The summed E-state index contributed by atoms with van der Waals surface area (Å²) in [5.74, 6) is 6.69. The minimum absolute atomic E-state index is 0.275. The number of benzene rings is 2. The van der Waals surface area contributed by atoms with Crippen LogP contribution < -0.4 is 11.3 Å². The summed E-state index contributed by atoms with van der Waals surface area (Å²) < 4.78 is 0. The van der Waals surface area contributed by atoms with Crippen LogP contribution in [-0.2, 0) is 6.42 Å². The maximum atomic E-state index is 5.73. The maximum Gasteiger partial charge on any atom is 0.0344 e. The van der Waals surface area contributed by atoms with E-state index in [1.165, 1.54) is 27.1 Å². The molecule has 0 bridgehead atoms. The van der Waals surface area contributed by atoms with Crippen molar-refractivity contribution in [3.8, 4) is 0 Å². The molecular weight excluding hydrogens is 276 g/mol. The molecule has 0 amide bonds. The maximum absolute atomic E-state index is 5.73. The molecule has 1 atom stereocenters. The van der Waals surface area contributed by atoms with Gasteiger partial charge in [-0.2, -0.15) is 0 Å². The topological polar surface area (TPSA) is 38.0 Å². The van der Waals surface area contributed by atoms with Crippen molar-refractivity contribution in [1.82, 2.24) is 5.43 Å². The van der Waals surface area contributed by atoms with Crippen LogP contribution in [0.5, 0.6) is 0 Å². The number of hydrogen-bond donors (Lipinski definition) is 2. The van der Waals surface area contributed by atoms with Gasteiger partial charge in [-0.1, -0.05) is 47.0 Å². The molecule has 0 saturated heterocycles. The molecule has 21 heavy (non-hydrogen) atoms. The highest BCUT2D eigenvalue weighted by Gasteiger charge is 2.09. The van der Waals surface area contributed by atoms with E-state index in [-0.39, 0.29) is 6.04 Å². The van der Waals surface area contributed by atoms with Gasteiger partial charge in [-0.3, -0.25) is 11.3 Å². The highest BCUT2D eigenvalue weighted by Crippen LogP contribution is 2.21. The zero-order valence-corrected chi connectivity index (χ0v) is 13.8. The normalized spacial score (nSPS) is 12.4. The lowest BCUT2D eigenvalue weighted by Crippen LogP contribution is -2.38. The first-order valence-electron chi connectivity index (χ1n) is 7.29. The van der Waals surface area contributed by atoms with Crippen molar-refractivity contribution in [1.29, 1.82) is 0 Å². The lowest BCUT2D eigenvalue weighted by atomic mass is 10.0. The Kier molecular flexibility index (Phi) is 5.85. The monoisotopic (exact) mass is 300 g/mol. The number of hydrogen-bond acceptors (Lipinski definition) is 3. The summed E-state index contributed by atoms with van der Waals surface area (Å²) in [5.41, 5.74) is 8.22. The predicted molar refractivity (Wildman–Crippen MR) is 92.6 cm³/mol. The van der Waals surface area contributed by atoms with Gasteiger partial charge >= 0.3 is 0 Å². The van der Waals surface area contributed by atoms with Crippen LogP contribution in [0.2, 0.25) is 0 Å². The second-order valence-electron chi connectivity index (χ2n) is 5.69. The van der Waals surface area contributed by atoms with E-state index in [0.29, 0.717) is 0 Å². The molecule has 0 aromatic heterocycles. The van der Waals surface area contributed by atoms with Crippen LogP contribution in [0.4, 0.5) is 0 Å². The molecule has 0 aliphatic carbocycles. The van der Waals surface area contributed by atoms with Gasteiger partial charge in [0.1, 0.15) is 0 Å². The van der Waals surface area contributed by atoms with Crippen molar-refractivity contribution in [3.05, 3.63) is 64.7 Å². The molecule has 0 saturated carbocycles. The van der Waals surface area contributed by atoms with Crippen molar-refractivity contribution < 1.29 is 0 Å². The van der Waals surface area contributed by atoms with Gasteiger partial charge in [0.15, 0.2) is 0 Å². The van der Waals surface area contributed by atoms with Crippen LogP contribution in [-0.4, -0.2) is 11.8 Å². The minimum Gasteiger partial charge on any atom is -0.271 e. The summed E-state index contributed by atoms with van der Waals surface area (Å²) in [4.78, 5) is 1.30. The molecule has 0 radical (unpaired) electrons. The minimum atomic E-state index is 0.275. The van der Waals surface area contributed by atoms with Crippen LogP contribution in [0.3, 0.4) is 0 Å². The second kappa shape index (κ2) is 7.64.